The van der Waals surface area contributed by atoms with E-state index in [1.807, 2.05) is 0 Å². The Morgan fingerprint density at radius 3 is 2.33 bits per heavy atom. The maximum absolute atomic E-state index is 12.4. The van der Waals surface area contributed by atoms with E-state index in [1.165, 1.54) is 21.0 Å². The molecule has 148 valence electrons. The number of nitrogens with one attached hydrogen (secondary N) is 1. The Morgan fingerprint density at radius 1 is 1.11 bits per heavy atom. The normalized spacial score (nSPS) is 27.5. The molecule has 1 fully saturated rings. The number of benzene rings is 1. The van der Waals surface area contributed by atoms with Gasteiger partial charge in [0, 0.05) is 26.5 Å². The molecule has 0 bridgehead atoms. The van der Waals surface area contributed by atoms with Gasteiger partial charge in [-0.2, -0.15) is 0 Å². The first-order valence-corrected chi connectivity index (χ1v) is 8.36. The van der Waals surface area contributed by atoms with Crippen molar-refractivity contribution >= 4 is 17.8 Å². The molecule has 1 aliphatic rings. The third kappa shape index (κ3) is 5.49. The van der Waals surface area contributed by atoms with E-state index in [2.05, 4.69) is 5.32 Å². The van der Waals surface area contributed by atoms with Crippen LogP contribution in [-0.2, 0) is 28.5 Å². The molecule has 27 heavy (non-hydrogen) atoms. The lowest BCUT2D eigenvalue weighted by Crippen LogP contribution is -2.65. The van der Waals surface area contributed by atoms with Crippen LogP contribution in [0.2, 0.25) is 0 Å². The summed E-state index contributed by atoms with van der Waals surface area (Å²) in [4.78, 5) is 35.0. The average Bonchev–Trinajstić information content (AvgIpc) is 2.63. The van der Waals surface area contributed by atoms with E-state index in [4.69, 9.17) is 18.9 Å². The molecular formula is C18H23NO8. The van der Waals surface area contributed by atoms with Gasteiger partial charge in [0.15, 0.2) is 12.4 Å². The number of ether oxygens (including phenoxy) is 4. The number of rotatable bonds is 6. The van der Waals surface area contributed by atoms with E-state index >= 15 is 0 Å². The van der Waals surface area contributed by atoms with Crippen LogP contribution in [0.3, 0.4) is 0 Å². The topological polar surface area (TPSA) is 120 Å². The fraction of sp³-hybridized carbons (Fsp3) is 0.500. The Morgan fingerprint density at radius 2 is 1.78 bits per heavy atom. The van der Waals surface area contributed by atoms with Crippen molar-refractivity contribution in [2.24, 2.45) is 0 Å². The largest absolute Gasteiger partial charge is 0.463 e. The minimum atomic E-state index is -1.46. The molecule has 1 saturated heterocycles. The zero-order valence-corrected chi connectivity index (χ0v) is 15.3. The molecule has 0 aromatic heterocycles. The molecule has 0 aliphatic carbocycles. The van der Waals surface area contributed by atoms with Crippen molar-refractivity contribution < 1.29 is 38.4 Å². The van der Waals surface area contributed by atoms with E-state index in [0.29, 0.717) is 5.56 Å². The van der Waals surface area contributed by atoms with Gasteiger partial charge in [0.05, 0.1) is 0 Å². The van der Waals surface area contributed by atoms with Gasteiger partial charge in [-0.25, -0.2) is 0 Å². The number of hydrogen-bond acceptors (Lipinski definition) is 8. The lowest BCUT2D eigenvalue weighted by atomic mass is 9.96. The molecule has 0 saturated carbocycles. The molecule has 9 nitrogen and oxygen atoms in total. The summed E-state index contributed by atoms with van der Waals surface area (Å²) >= 11 is 0. The van der Waals surface area contributed by atoms with Crippen molar-refractivity contribution in [2.75, 3.05) is 13.7 Å². The van der Waals surface area contributed by atoms with E-state index in [-0.39, 0.29) is 6.61 Å². The van der Waals surface area contributed by atoms with Crippen molar-refractivity contribution in [1.29, 1.82) is 0 Å². The van der Waals surface area contributed by atoms with E-state index < -0.39 is 48.5 Å². The van der Waals surface area contributed by atoms with Crippen molar-refractivity contribution in [3.63, 3.8) is 0 Å². The SMILES string of the molecule is CO[C@H]1[C@H](NC(=O)c2ccccc2)[C@H](O)O[C@@H](COC(C)=O)[C@@H]1OC(C)=O. The Balaban J connectivity index is 2.20. The number of esters is 2. The van der Waals surface area contributed by atoms with Crippen LogP contribution in [0.25, 0.3) is 0 Å². The quantitative estimate of drug-likeness (QED) is 0.662. The summed E-state index contributed by atoms with van der Waals surface area (Å²) in [6.45, 7) is 2.18. The Hall–Kier alpha value is -2.49. The summed E-state index contributed by atoms with van der Waals surface area (Å²) in [6.07, 6.45) is -4.35. The number of carbonyl (C=O) groups is 3. The molecule has 9 heteroatoms. The Labute approximate surface area is 156 Å². The van der Waals surface area contributed by atoms with E-state index in [1.54, 1.807) is 30.3 Å². The molecule has 1 heterocycles. The lowest BCUT2D eigenvalue weighted by molar-refractivity contribution is -0.263. The van der Waals surface area contributed by atoms with Crippen molar-refractivity contribution in [3.05, 3.63) is 35.9 Å². The second-order valence-electron chi connectivity index (χ2n) is 6.01. The maximum Gasteiger partial charge on any atom is 0.303 e. The highest BCUT2D eigenvalue weighted by molar-refractivity contribution is 5.94. The van der Waals surface area contributed by atoms with E-state index in [9.17, 15) is 19.5 Å². The predicted octanol–water partition coefficient (Wildman–Crippen LogP) is 0.0120. The highest BCUT2D eigenvalue weighted by atomic mass is 16.7. The number of aliphatic hydroxyl groups is 1. The summed E-state index contributed by atoms with van der Waals surface area (Å²) in [7, 11) is 1.35. The average molecular weight is 381 g/mol. The summed E-state index contributed by atoms with van der Waals surface area (Å²) in [6, 6.07) is 7.38. The van der Waals surface area contributed by atoms with Gasteiger partial charge in [-0.05, 0) is 12.1 Å². The van der Waals surface area contributed by atoms with E-state index in [0.717, 1.165) is 0 Å². The smallest absolute Gasteiger partial charge is 0.303 e. The molecule has 1 aliphatic heterocycles. The maximum atomic E-state index is 12.4. The number of hydrogen-bond donors (Lipinski definition) is 2. The minimum Gasteiger partial charge on any atom is -0.463 e. The fourth-order valence-electron chi connectivity index (χ4n) is 2.85. The van der Waals surface area contributed by atoms with Crippen LogP contribution in [0.5, 0.6) is 0 Å². The van der Waals surface area contributed by atoms with Crippen molar-refractivity contribution in [2.45, 2.75) is 44.5 Å². The standard InChI is InChI=1S/C18H23NO8/c1-10(20)25-9-13-15(26-11(2)21)16(24-3)14(18(23)27-13)19-17(22)12-7-5-4-6-8-12/h4-8,13-16,18,23H,9H2,1-3H3,(H,19,22)/t13-,14-,15-,16-,18+/m0/s1. The monoisotopic (exact) mass is 381 g/mol. The molecule has 1 aromatic rings. The first-order valence-electron chi connectivity index (χ1n) is 8.36. The third-order valence-corrected chi connectivity index (χ3v) is 4.02. The molecule has 2 rings (SSSR count). The van der Waals surface area contributed by atoms with Gasteiger partial charge in [-0.15, -0.1) is 0 Å². The first kappa shape index (κ1) is 20.8. The highest BCUT2D eigenvalue weighted by Gasteiger charge is 2.48. The number of carbonyl (C=O) groups excluding carboxylic acids is 3. The molecule has 1 aromatic carbocycles. The summed E-state index contributed by atoms with van der Waals surface area (Å²) in [5.74, 6) is -1.61. The molecule has 0 unspecified atom stereocenters. The summed E-state index contributed by atoms with van der Waals surface area (Å²) in [5.41, 5.74) is 0.380. The van der Waals surface area contributed by atoms with Crippen LogP contribution in [0.1, 0.15) is 24.2 Å². The fourth-order valence-corrected chi connectivity index (χ4v) is 2.85. The highest BCUT2D eigenvalue weighted by Crippen LogP contribution is 2.25. The lowest BCUT2D eigenvalue weighted by Gasteiger charge is -2.43. The molecule has 5 atom stereocenters. The summed E-state index contributed by atoms with van der Waals surface area (Å²) < 4.78 is 21.0. The van der Waals surface area contributed by atoms with Gasteiger partial charge in [-0.3, -0.25) is 14.4 Å². The number of amides is 1. The number of methoxy groups -OCH3 is 1. The molecule has 2 N–H and O–H groups in total. The Kier molecular flexibility index (Phi) is 7.28. The van der Waals surface area contributed by atoms with Gasteiger partial charge >= 0.3 is 11.9 Å². The molecule has 0 spiro atoms. The molecule has 0 radical (unpaired) electrons. The van der Waals surface area contributed by atoms with Crippen LogP contribution in [-0.4, -0.2) is 67.3 Å². The van der Waals surface area contributed by atoms with Gasteiger partial charge in [0.25, 0.3) is 5.91 Å². The van der Waals surface area contributed by atoms with Crippen LogP contribution in [0.4, 0.5) is 0 Å². The van der Waals surface area contributed by atoms with Gasteiger partial charge in [0.2, 0.25) is 0 Å². The van der Waals surface area contributed by atoms with Crippen LogP contribution >= 0.6 is 0 Å². The number of aliphatic hydroxyl groups excluding tert-OH is 1. The second-order valence-corrected chi connectivity index (χ2v) is 6.01. The first-order chi connectivity index (χ1) is 12.8. The third-order valence-electron chi connectivity index (χ3n) is 4.02. The zero-order valence-electron chi connectivity index (χ0n) is 15.3. The van der Waals surface area contributed by atoms with Crippen molar-refractivity contribution in [3.8, 4) is 0 Å². The van der Waals surface area contributed by atoms with Gasteiger partial charge in [0.1, 0.15) is 24.9 Å². The van der Waals surface area contributed by atoms with Crippen LogP contribution < -0.4 is 5.32 Å². The van der Waals surface area contributed by atoms with Crippen LogP contribution in [0.15, 0.2) is 30.3 Å². The predicted molar refractivity (Wildman–Crippen MR) is 91.6 cm³/mol. The summed E-state index contributed by atoms with van der Waals surface area (Å²) in [5, 5.41) is 13.0. The van der Waals surface area contributed by atoms with Crippen LogP contribution in [0, 0.1) is 0 Å². The molecule has 1 amide bonds. The van der Waals surface area contributed by atoms with Gasteiger partial charge in [-0.1, -0.05) is 18.2 Å². The minimum absolute atomic E-state index is 0.246. The zero-order chi connectivity index (χ0) is 20.0. The molecular weight excluding hydrogens is 358 g/mol. The second kappa shape index (κ2) is 9.45. The van der Waals surface area contributed by atoms with Gasteiger partial charge < -0.3 is 29.4 Å². The Bertz CT molecular complexity index is 665. The van der Waals surface area contributed by atoms with Crippen molar-refractivity contribution in [1.82, 2.24) is 5.32 Å².